The van der Waals surface area contributed by atoms with Gasteiger partial charge in [0, 0.05) is 13.0 Å². The van der Waals surface area contributed by atoms with E-state index in [1.165, 1.54) is 0 Å². The van der Waals surface area contributed by atoms with Crippen molar-refractivity contribution in [3.05, 3.63) is 69.8 Å². The highest BCUT2D eigenvalue weighted by molar-refractivity contribution is 5.79. The lowest BCUT2D eigenvalue weighted by Crippen LogP contribution is -2.37. The van der Waals surface area contributed by atoms with Crippen LogP contribution in [0.1, 0.15) is 50.2 Å². The highest BCUT2D eigenvalue weighted by Crippen LogP contribution is 2.26. The number of hydrogen-bond acceptors (Lipinski definition) is 3. The van der Waals surface area contributed by atoms with Gasteiger partial charge in [-0.1, -0.05) is 39.0 Å². The molecule has 5 heteroatoms. The Balaban J connectivity index is 2.33. The predicted octanol–water partition coefficient (Wildman–Crippen LogP) is 4.57. The number of carbonyl (C=O) groups is 1. The summed E-state index contributed by atoms with van der Waals surface area (Å²) in [7, 11) is 1.79. The van der Waals surface area contributed by atoms with Gasteiger partial charge in [-0.05, 0) is 55.7 Å². The van der Waals surface area contributed by atoms with Gasteiger partial charge in [0.2, 0.25) is 5.91 Å². The third-order valence-electron chi connectivity index (χ3n) is 5.54. The van der Waals surface area contributed by atoms with Crippen molar-refractivity contribution in [1.82, 2.24) is 14.5 Å². The molecule has 0 N–H and O–H groups in total. The van der Waals surface area contributed by atoms with Crippen LogP contribution in [0, 0.1) is 19.8 Å². The van der Waals surface area contributed by atoms with Crippen molar-refractivity contribution in [3.8, 4) is 5.69 Å². The van der Waals surface area contributed by atoms with Gasteiger partial charge in [0.15, 0.2) is 0 Å². The van der Waals surface area contributed by atoms with Crippen LogP contribution in [0.15, 0.2) is 47.3 Å². The lowest BCUT2D eigenvalue weighted by Gasteiger charge is -2.30. The van der Waals surface area contributed by atoms with E-state index >= 15 is 0 Å². The standard InChI is InChI=1S/C24H29N3O2/c1-7-21(26(6)23(28)15(2)3)22-25-20-11-9-8-10-19(20)24(29)27(22)18-13-12-16(4)17(5)14-18/h8-15,21H,7H2,1-6H3. The lowest BCUT2D eigenvalue weighted by molar-refractivity contribution is -0.135. The van der Waals surface area contributed by atoms with E-state index in [1.807, 2.05) is 71.0 Å². The minimum Gasteiger partial charge on any atom is -0.335 e. The molecule has 29 heavy (non-hydrogen) atoms. The van der Waals surface area contributed by atoms with Crippen LogP contribution in [-0.4, -0.2) is 27.4 Å². The summed E-state index contributed by atoms with van der Waals surface area (Å²) in [4.78, 5) is 32.8. The number of hydrogen-bond donors (Lipinski definition) is 0. The topological polar surface area (TPSA) is 55.2 Å². The van der Waals surface area contributed by atoms with Crippen molar-refractivity contribution in [2.24, 2.45) is 5.92 Å². The Labute approximate surface area is 172 Å². The highest BCUT2D eigenvalue weighted by atomic mass is 16.2. The van der Waals surface area contributed by atoms with E-state index in [-0.39, 0.29) is 23.4 Å². The first-order valence-electron chi connectivity index (χ1n) is 10.1. The Hall–Kier alpha value is -2.95. The quantitative estimate of drug-likeness (QED) is 0.640. The first-order chi connectivity index (χ1) is 13.8. The van der Waals surface area contributed by atoms with Gasteiger partial charge in [0.1, 0.15) is 5.82 Å². The summed E-state index contributed by atoms with van der Waals surface area (Å²) >= 11 is 0. The lowest BCUT2D eigenvalue weighted by atomic mass is 10.1. The second-order valence-electron chi connectivity index (χ2n) is 7.92. The van der Waals surface area contributed by atoms with Gasteiger partial charge in [-0.2, -0.15) is 0 Å². The molecule has 1 amide bonds. The number of para-hydroxylation sites is 1. The van der Waals surface area contributed by atoms with E-state index in [4.69, 9.17) is 4.98 Å². The monoisotopic (exact) mass is 391 g/mol. The Kier molecular flexibility index (Phi) is 5.87. The number of nitrogens with zero attached hydrogens (tertiary/aromatic N) is 3. The second kappa shape index (κ2) is 8.19. The largest absolute Gasteiger partial charge is 0.335 e. The average Bonchev–Trinajstić information content (AvgIpc) is 2.70. The van der Waals surface area contributed by atoms with Gasteiger partial charge < -0.3 is 4.90 Å². The molecule has 1 heterocycles. The summed E-state index contributed by atoms with van der Waals surface area (Å²) in [5, 5.41) is 0.571. The van der Waals surface area contributed by atoms with Crippen molar-refractivity contribution in [3.63, 3.8) is 0 Å². The molecule has 0 radical (unpaired) electrons. The zero-order chi connectivity index (χ0) is 21.3. The summed E-state index contributed by atoms with van der Waals surface area (Å²) in [5.41, 5.74) is 3.58. The zero-order valence-corrected chi connectivity index (χ0v) is 18.1. The Morgan fingerprint density at radius 1 is 1.10 bits per heavy atom. The van der Waals surface area contributed by atoms with E-state index in [1.54, 1.807) is 22.6 Å². The van der Waals surface area contributed by atoms with E-state index in [0.29, 0.717) is 23.1 Å². The number of aryl methyl sites for hydroxylation is 2. The number of rotatable bonds is 5. The van der Waals surface area contributed by atoms with E-state index in [9.17, 15) is 9.59 Å². The molecule has 1 atom stereocenters. The molecule has 152 valence electrons. The fourth-order valence-electron chi connectivity index (χ4n) is 3.68. The smallest absolute Gasteiger partial charge is 0.266 e. The SMILES string of the molecule is CCC(c1nc2ccccc2c(=O)n1-c1ccc(C)c(C)c1)N(C)C(=O)C(C)C. The van der Waals surface area contributed by atoms with E-state index < -0.39 is 0 Å². The molecule has 0 aliphatic carbocycles. The Morgan fingerprint density at radius 3 is 2.41 bits per heavy atom. The molecule has 0 aliphatic rings. The number of benzene rings is 2. The average molecular weight is 392 g/mol. The van der Waals surface area contributed by atoms with Crippen molar-refractivity contribution in [1.29, 1.82) is 0 Å². The first kappa shape index (κ1) is 20.8. The molecule has 0 saturated carbocycles. The maximum Gasteiger partial charge on any atom is 0.266 e. The molecule has 2 aromatic carbocycles. The molecule has 1 unspecified atom stereocenters. The number of amides is 1. The minimum absolute atomic E-state index is 0.0332. The third kappa shape index (κ3) is 3.82. The number of aromatic nitrogens is 2. The van der Waals surface area contributed by atoms with Crippen LogP contribution in [0.25, 0.3) is 16.6 Å². The molecule has 1 aromatic heterocycles. The minimum atomic E-state index is -0.302. The van der Waals surface area contributed by atoms with Crippen molar-refractivity contribution < 1.29 is 4.79 Å². The van der Waals surface area contributed by atoms with Gasteiger partial charge in [-0.25, -0.2) is 4.98 Å². The molecule has 0 bridgehead atoms. The molecule has 0 saturated heterocycles. The Morgan fingerprint density at radius 2 is 1.79 bits per heavy atom. The molecular formula is C24H29N3O2. The summed E-state index contributed by atoms with van der Waals surface area (Å²) in [5.74, 6) is 0.498. The van der Waals surface area contributed by atoms with E-state index in [0.717, 1.165) is 16.8 Å². The molecular weight excluding hydrogens is 362 g/mol. The molecule has 3 aromatic rings. The van der Waals surface area contributed by atoms with Crippen LogP contribution in [0.4, 0.5) is 0 Å². The first-order valence-corrected chi connectivity index (χ1v) is 10.1. The maximum absolute atomic E-state index is 13.5. The van der Waals surface area contributed by atoms with Gasteiger partial charge in [0.05, 0.1) is 22.6 Å². The molecule has 3 rings (SSSR count). The van der Waals surface area contributed by atoms with Gasteiger partial charge in [-0.15, -0.1) is 0 Å². The van der Waals surface area contributed by atoms with Crippen LogP contribution >= 0.6 is 0 Å². The molecule has 5 nitrogen and oxygen atoms in total. The molecule has 0 aliphatic heterocycles. The van der Waals surface area contributed by atoms with Crippen LogP contribution in [-0.2, 0) is 4.79 Å². The normalized spacial score (nSPS) is 12.4. The van der Waals surface area contributed by atoms with Crippen LogP contribution in [0.5, 0.6) is 0 Å². The number of fused-ring (bicyclic) bond motifs is 1. The van der Waals surface area contributed by atoms with Crippen LogP contribution in [0.2, 0.25) is 0 Å². The molecule has 0 fully saturated rings. The third-order valence-corrected chi connectivity index (χ3v) is 5.54. The maximum atomic E-state index is 13.5. The van der Waals surface area contributed by atoms with Gasteiger partial charge in [-0.3, -0.25) is 14.2 Å². The fourth-order valence-corrected chi connectivity index (χ4v) is 3.68. The summed E-state index contributed by atoms with van der Waals surface area (Å²) in [6.45, 7) is 9.86. The summed E-state index contributed by atoms with van der Waals surface area (Å²) in [6.07, 6.45) is 0.657. The highest BCUT2D eigenvalue weighted by Gasteiger charge is 2.27. The van der Waals surface area contributed by atoms with E-state index in [2.05, 4.69) is 0 Å². The predicted molar refractivity (Wildman–Crippen MR) is 117 cm³/mol. The fraction of sp³-hybridized carbons (Fsp3) is 0.375. The Bertz CT molecular complexity index is 1110. The molecule has 0 spiro atoms. The number of carbonyl (C=O) groups excluding carboxylic acids is 1. The second-order valence-corrected chi connectivity index (χ2v) is 7.92. The van der Waals surface area contributed by atoms with Crippen molar-refractivity contribution in [2.75, 3.05) is 7.05 Å². The van der Waals surface area contributed by atoms with Crippen molar-refractivity contribution >= 4 is 16.8 Å². The van der Waals surface area contributed by atoms with Crippen molar-refractivity contribution in [2.45, 2.75) is 47.1 Å². The zero-order valence-electron chi connectivity index (χ0n) is 18.1. The van der Waals surface area contributed by atoms with Gasteiger partial charge in [0.25, 0.3) is 5.56 Å². The van der Waals surface area contributed by atoms with Crippen LogP contribution in [0.3, 0.4) is 0 Å². The van der Waals surface area contributed by atoms with Crippen LogP contribution < -0.4 is 5.56 Å². The summed E-state index contributed by atoms with van der Waals surface area (Å²) in [6, 6.07) is 13.0. The summed E-state index contributed by atoms with van der Waals surface area (Å²) < 4.78 is 1.67. The van der Waals surface area contributed by atoms with Gasteiger partial charge >= 0.3 is 0 Å².